The zero-order valence-electron chi connectivity index (χ0n) is 11.9. The Morgan fingerprint density at radius 3 is 2.68 bits per heavy atom. The molecule has 1 aliphatic rings. The highest BCUT2D eigenvalue weighted by atomic mass is 16.1. The fraction of sp³-hybridized carbons (Fsp3) is 0.533. The maximum atomic E-state index is 12.0. The molecule has 0 spiro atoms. The van der Waals surface area contributed by atoms with Crippen molar-refractivity contribution in [2.45, 2.75) is 19.8 Å². The molecule has 0 aliphatic heterocycles. The molecule has 1 unspecified atom stereocenters. The molecule has 4 heteroatoms. The van der Waals surface area contributed by atoms with Gasteiger partial charge < -0.3 is 16.0 Å². The average molecular weight is 261 g/mol. The molecule has 0 heterocycles. The molecule has 104 valence electrons. The number of anilines is 2. The molecule has 0 radical (unpaired) electrons. The smallest absolute Gasteiger partial charge is 0.251 e. The molecule has 1 aromatic carbocycles. The van der Waals surface area contributed by atoms with E-state index in [2.05, 4.69) is 12.2 Å². The van der Waals surface area contributed by atoms with Crippen molar-refractivity contribution >= 4 is 17.3 Å². The van der Waals surface area contributed by atoms with Crippen molar-refractivity contribution in [2.24, 2.45) is 11.8 Å². The van der Waals surface area contributed by atoms with Gasteiger partial charge in [0.1, 0.15) is 0 Å². The van der Waals surface area contributed by atoms with E-state index in [0.717, 1.165) is 18.2 Å². The van der Waals surface area contributed by atoms with E-state index < -0.39 is 0 Å². The predicted octanol–water partition coefficient (Wildman–Crippen LogP) is 2.11. The van der Waals surface area contributed by atoms with Gasteiger partial charge in [0.15, 0.2) is 0 Å². The van der Waals surface area contributed by atoms with Gasteiger partial charge in [-0.2, -0.15) is 0 Å². The van der Waals surface area contributed by atoms with Gasteiger partial charge in [-0.15, -0.1) is 0 Å². The van der Waals surface area contributed by atoms with Crippen LogP contribution in [0.4, 0.5) is 11.4 Å². The van der Waals surface area contributed by atoms with E-state index in [0.29, 0.717) is 17.2 Å². The van der Waals surface area contributed by atoms with Gasteiger partial charge >= 0.3 is 0 Å². The molecule has 1 saturated carbocycles. The van der Waals surface area contributed by atoms with E-state index in [-0.39, 0.29) is 5.91 Å². The van der Waals surface area contributed by atoms with Crippen molar-refractivity contribution in [1.29, 1.82) is 0 Å². The number of amides is 1. The molecule has 1 aliphatic carbocycles. The van der Waals surface area contributed by atoms with Crippen LogP contribution in [0.5, 0.6) is 0 Å². The van der Waals surface area contributed by atoms with Gasteiger partial charge in [-0.25, -0.2) is 0 Å². The summed E-state index contributed by atoms with van der Waals surface area (Å²) >= 11 is 0. The summed E-state index contributed by atoms with van der Waals surface area (Å²) in [7, 11) is 3.87. The minimum absolute atomic E-state index is 0.0375. The van der Waals surface area contributed by atoms with Crippen molar-refractivity contribution in [2.75, 3.05) is 31.3 Å². The molecule has 0 bridgehead atoms. The molecule has 0 saturated heterocycles. The molecule has 1 fully saturated rings. The van der Waals surface area contributed by atoms with Crippen molar-refractivity contribution in [3.63, 3.8) is 0 Å². The summed E-state index contributed by atoms with van der Waals surface area (Å²) < 4.78 is 0. The van der Waals surface area contributed by atoms with Gasteiger partial charge in [0.05, 0.1) is 11.4 Å². The Labute approximate surface area is 115 Å². The molecule has 1 amide bonds. The molecule has 3 N–H and O–H groups in total. The highest BCUT2D eigenvalue weighted by molar-refractivity contribution is 5.96. The minimum atomic E-state index is -0.0375. The monoisotopic (exact) mass is 261 g/mol. The first-order chi connectivity index (χ1) is 8.99. The Morgan fingerprint density at radius 1 is 1.47 bits per heavy atom. The van der Waals surface area contributed by atoms with Gasteiger partial charge in [0.25, 0.3) is 5.91 Å². The van der Waals surface area contributed by atoms with Crippen molar-refractivity contribution in [3.8, 4) is 0 Å². The Hall–Kier alpha value is -1.71. The lowest BCUT2D eigenvalue weighted by Crippen LogP contribution is -2.29. The standard InChI is InChI=1S/C15H23N3O/c1-10(11-4-5-11)9-17-15(19)12-6-7-14(18(2)3)13(16)8-12/h6-8,10-11H,4-5,9,16H2,1-3H3,(H,17,19). The second-order valence-electron chi connectivity index (χ2n) is 5.69. The lowest BCUT2D eigenvalue weighted by Gasteiger charge is -2.16. The molecule has 4 nitrogen and oxygen atoms in total. The zero-order chi connectivity index (χ0) is 14.0. The number of rotatable bonds is 5. The lowest BCUT2D eigenvalue weighted by molar-refractivity contribution is 0.0946. The van der Waals surface area contributed by atoms with E-state index in [1.54, 1.807) is 6.07 Å². The summed E-state index contributed by atoms with van der Waals surface area (Å²) in [6.07, 6.45) is 2.61. The first-order valence-electron chi connectivity index (χ1n) is 6.84. The number of carbonyl (C=O) groups is 1. The number of benzene rings is 1. The van der Waals surface area contributed by atoms with Crippen molar-refractivity contribution in [1.82, 2.24) is 5.32 Å². The molecule has 0 aromatic heterocycles. The number of nitrogen functional groups attached to an aromatic ring is 1. The van der Waals surface area contributed by atoms with E-state index in [4.69, 9.17) is 5.73 Å². The van der Waals surface area contributed by atoms with E-state index >= 15 is 0 Å². The first kappa shape index (κ1) is 13.7. The summed E-state index contributed by atoms with van der Waals surface area (Å²) in [4.78, 5) is 14.0. The average Bonchev–Trinajstić information content (AvgIpc) is 3.19. The third kappa shape index (κ3) is 3.40. The van der Waals surface area contributed by atoms with Gasteiger partial charge in [-0.3, -0.25) is 4.79 Å². The second-order valence-corrected chi connectivity index (χ2v) is 5.69. The van der Waals surface area contributed by atoms with Crippen LogP contribution in [-0.4, -0.2) is 26.5 Å². The predicted molar refractivity (Wildman–Crippen MR) is 79.4 cm³/mol. The number of nitrogens with zero attached hydrogens (tertiary/aromatic N) is 1. The Bertz CT molecular complexity index is 466. The first-order valence-corrected chi connectivity index (χ1v) is 6.84. The number of hydrogen-bond donors (Lipinski definition) is 2. The van der Waals surface area contributed by atoms with E-state index in [1.165, 1.54) is 12.8 Å². The van der Waals surface area contributed by atoms with Crippen LogP contribution in [-0.2, 0) is 0 Å². The van der Waals surface area contributed by atoms with Gasteiger partial charge in [0, 0.05) is 26.2 Å². The maximum Gasteiger partial charge on any atom is 0.251 e. The molecule has 1 atom stereocenters. The summed E-state index contributed by atoms with van der Waals surface area (Å²) in [6, 6.07) is 5.45. The molecule has 19 heavy (non-hydrogen) atoms. The van der Waals surface area contributed by atoms with Crippen LogP contribution in [0.1, 0.15) is 30.1 Å². The third-order valence-electron chi connectivity index (χ3n) is 3.78. The fourth-order valence-corrected chi connectivity index (χ4v) is 2.29. The second kappa shape index (κ2) is 5.51. The largest absolute Gasteiger partial charge is 0.397 e. The van der Waals surface area contributed by atoms with Crippen LogP contribution in [0.15, 0.2) is 18.2 Å². The Kier molecular flexibility index (Phi) is 3.98. The van der Waals surface area contributed by atoms with Crippen LogP contribution in [0.25, 0.3) is 0 Å². The van der Waals surface area contributed by atoms with Gasteiger partial charge in [-0.05, 0) is 42.9 Å². The summed E-state index contributed by atoms with van der Waals surface area (Å²) in [6.45, 7) is 2.94. The van der Waals surface area contributed by atoms with E-state index in [9.17, 15) is 4.79 Å². The Morgan fingerprint density at radius 2 is 2.16 bits per heavy atom. The zero-order valence-corrected chi connectivity index (χ0v) is 11.9. The highest BCUT2D eigenvalue weighted by Crippen LogP contribution is 2.36. The minimum Gasteiger partial charge on any atom is -0.397 e. The number of nitrogens with one attached hydrogen (secondary N) is 1. The van der Waals surface area contributed by atoms with E-state index in [1.807, 2.05) is 31.1 Å². The van der Waals surface area contributed by atoms with Gasteiger partial charge in [-0.1, -0.05) is 6.92 Å². The number of nitrogens with two attached hydrogens (primary N) is 1. The number of carbonyl (C=O) groups excluding carboxylic acids is 1. The highest BCUT2D eigenvalue weighted by Gasteiger charge is 2.27. The lowest BCUT2D eigenvalue weighted by atomic mass is 10.1. The molecular weight excluding hydrogens is 238 g/mol. The summed E-state index contributed by atoms with van der Waals surface area (Å²) in [5.41, 5.74) is 8.15. The number of hydrogen-bond acceptors (Lipinski definition) is 3. The topological polar surface area (TPSA) is 58.4 Å². The quantitative estimate of drug-likeness (QED) is 0.798. The summed E-state index contributed by atoms with van der Waals surface area (Å²) in [5.74, 6) is 1.34. The van der Waals surface area contributed by atoms with Crippen LogP contribution in [0.3, 0.4) is 0 Å². The maximum absolute atomic E-state index is 12.0. The van der Waals surface area contributed by atoms with Crippen LogP contribution >= 0.6 is 0 Å². The van der Waals surface area contributed by atoms with Crippen LogP contribution < -0.4 is 16.0 Å². The summed E-state index contributed by atoms with van der Waals surface area (Å²) in [5, 5.41) is 2.99. The van der Waals surface area contributed by atoms with Crippen LogP contribution in [0.2, 0.25) is 0 Å². The molecule has 1 aromatic rings. The van der Waals surface area contributed by atoms with Crippen molar-refractivity contribution < 1.29 is 4.79 Å². The normalized spacial score (nSPS) is 15.9. The van der Waals surface area contributed by atoms with Crippen molar-refractivity contribution in [3.05, 3.63) is 23.8 Å². The SMILES string of the molecule is CC(CNC(=O)c1ccc(N(C)C)c(N)c1)C1CC1. The Balaban J connectivity index is 1.96. The molecular formula is C15H23N3O. The van der Waals surface area contributed by atoms with Gasteiger partial charge in [0.2, 0.25) is 0 Å². The third-order valence-corrected chi connectivity index (χ3v) is 3.78. The molecule has 2 rings (SSSR count). The fourth-order valence-electron chi connectivity index (χ4n) is 2.29. The van der Waals surface area contributed by atoms with Crippen LogP contribution in [0, 0.1) is 11.8 Å².